The van der Waals surface area contributed by atoms with Gasteiger partial charge in [-0.15, -0.1) is 0 Å². The fourth-order valence-corrected chi connectivity index (χ4v) is 6.12. The smallest absolute Gasteiger partial charge is 0.205 e. The van der Waals surface area contributed by atoms with E-state index >= 15 is 0 Å². The van der Waals surface area contributed by atoms with E-state index in [4.69, 9.17) is 21.3 Å². The van der Waals surface area contributed by atoms with Gasteiger partial charge in [0.25, 0.3) is 0 Å². The Bertz CT molecular complexity index is 1630. The Morgan fingerprint density at radius 2 is 1.68 bits per heavy atom. The highest BCUT2D eigenvalue weighted by Gasteiger charge is 2.62. The quantitative estimate of drug-likeness (QED) is 0.298. The van der Waals surface area contributed by atoms with E-state index < -0.39 is 11.2 Å². The number of benzene rings is 3. The second-order valence-corrected chi connectivity index (χ2v) is 9.67. The maximum atomic E-state index is 11.6. The minimum absolute atomic E-state index is 0.0235. The van der Waals surface area contributed by atoms with Crippen LogP contribution >= 0.6 is 0 Å². The van der Waals surface area contributed by atoms with Gasteiger partial charge in [0, 0.05) is 6.42 Å². The summed E-state index contributed by atoms with van der Waals surface area (Å²) < 4.78 is 14.1. The number of hydrogen-bond donors (Lipinski definition) is 2. The van der Waals surface area contributed by atoms with Gasteiger partial charge in [-0.1, -0.05) is 37.3 Å². The fourth-order valence-electron chi connectivity index (χ4n) is 6.12. The van der Waals surface area contributed by atoms with Gasteiger partial charge in [-0.25, -0.2) is 4.85 Å². The van der Waals surface area contributed by atoms with Gasteiger partial charge in [-0.05, 0) is 60.4 Å². The Labute approximate surface area is 214 Å². The summed E-state index contributed by atoms with van der Waals surface area (Å²) in [6, 6.07) is 20.1. The maximum Gasteiger partial charge on any atom is 0.205 e. The highest BCUT2D eigenvalue weighted by atomic mass is 16.5. The van der Waals surface area contributed by atoms with Crippen LogP contribution < -0.4 is 4.74 Å². The molecule has 1 saturated heterocycles. The molecule has 0 amide bonds. The van der Waals surface area contributed by atoms with Crippen molar-refractivity contribution in [2.24, 2.45) is 0 Å². The first-order valence-corrected chi connectivity index (χ1v) is 12.4. The van der Waals surface area contributed by atoms with E-state index in [1.807, 2.05) is 31.2 Å². The largest absolute Gasteiger partial charge is 0.494 e. The number of rotatable bonds is 6. The van der Waals surface area contributed by atoms with E-state index in [0.29, 0.717) is 59.7 Å². The van der Waals surface area contributed by atoms with Crippen molar-refractivity contribution in [1.82, 2.24) is 4.57 Å². The Balaban J connectivity index is 1.42. The normalized spacial score (nSPS) is 21.5. The zero-order valence-corrected chi connectivity index (χ0v) is 20.4. The van der Waals surface area contributed by atoms with E-state index in [0.717, 1.165) is 17.2 Å². The molecule has 184 valence electrons. The van der Waals surface area contributed by atoms with Crippen LogP contribution in [-0.4, -0.2) is 21.4 Å². The van der Waals surface area contributed by atoms with Crippen LogP contribution in [-0.2, 0) is 15.9 Å². The molecule has 1 aromatic heterocycles. The molecule has 0 aliphatic carbocycles. The molecule has 7 nitrogen and oxygen atoms in total. The standard InChI is InChI=1S/C30H25N3O4/c1-3-29-14-15-30(37-29,16-17-36-20-10-8-19(18-31)9-11-20)26-25(29)27(34)33(28(26)35)24-13-12-23(32-2)21-6-4-5-7-22(21)24/h4-13,34-35H,3,14-17H2,1H3. The third-order valence-corrected chi connectivity index (χ3v) is 7.92. The molecule has 2 bridgehead atoms. The molecule has 3 aromatic carbocycles. The third kappa shape index (κ3) is 3.21. The predicted molar refractivity (Wildman–Crippen MR) is 138 cm³/mol. The number of fused-ring (bicyclic) bond motifs is 6. The van der Waals surface area contributed by atoms with Gasteiger partial charge in [-0.2, -0.15) is 5.26 Å². The van der Waals surface area contributed by atoms with E-state index in [1.54, 1.807) is 36.4 Å². The number of aromatic hydroxyl groups is 2. The van der Waals surface area contributed by atoms with E-state index in [9.17, 15) is 10.2 Å². The zero-order valence-electron chi connectivity index (χ0n) is 20.4. The first-order chi connectivity index (χ1) is 18.0. The Morgan fingerprint density at radius 1 is 1.00 bits per heavy atom. The predicted octanol–water partition coefficient (Wildman–Crippen LogP) is 6.56. The van der Waals surface area contributed by atoms with Gasteiger partial charge < -0.3 is 19.7 Å². The number of aromatic nitrogens is 1. The summed E-state index contributed by atoms with van der Waals surface area (Å²) in [5.41, 5.74) is 1.51. The van der Waals surface area contributed by atoms with Crippen molar-refractivity contribution in [1.29, 1.82) is 5.26 Å². The molecule has 2 aliphatic rings. The second kappa shape index (κ2) is 8.30. The van der Waals surface area contributed by atoms with Crippen LogP contribution in [0.25, 0.3) is 21.3 Å². The molecule has 1 fully saturated rings. The number of nitrogens with zero attached hydrogens (tertiary/aromatic N) is 3. The van der Waals surface area contributed by atoms with Gasteiger partial charge in [-0.3, -0.25) is 4.57 Å². The first-order valence-electron chi connectivity index (χ1n) is 12.4. The van der Waals surface area contributed by atoms with Crippen LogP contribution in [0, 0.1) is 17.9 Å². The average Bonchev–Trinajstić information content (AvgIpc) is 3.55. The van der Waals surface area contributed by atoms with Crippen molar-refractivity contribution in [2.45, 2.75) is 43.8 Å². The molecule has 6 rings (SSSR count). The summed E-state index contributed by atoms with van der Waals surface area (Å²) in [7, 11) is 0. The molecule has 7 heteroatoms. The van der Waals surface area contributed by atoms with E-state index in [2.05, 4.69) is 10.9 Å². The Morgan fingerprint density at radius 3 is 2.35 bits per heavy atom. The lowest BCUT2D eigenvalue weighted by Crippen LogP contribution is -2.25. The molecule has 2 unspecified atom stereocenters. The molecule has 3 heterocycles. The summed E-state index contributed by atoms with van der Waals surface area (Å²) >= 11 is 0. The van der Waals surface area contributed by atoms with Crippen molar-refractivity contribution in [2.75, 3.05) is 6.61 Å². The molecule has 0 radical (unpaired) electrons. The number of hydrogen-bond acceptors (Lipinski definition) is 5. The molecular formula is C30H25N3O4. The number of nitriles is 1. The monoisotopic (exact) mass is 491 g/mol. The van der Waals surface area contributed by atoms with Gasteiger partial charge in [0.2, 0.25) is 11.8 Å². The zero-order chi connectivity index (χ0) is 25.8. The first kappa shape index (κ1) is 23.0. The Kier molecular flexibility index (Phi) is 5.15. The summed E-state index contributed by atoms with van der Waals surface area (Å²) in [5, 5.41) is 33.7. The maximum absolute atomic E-state index is 11.6. The lowest BCUT2D eigenvalue weighted by molar-refractivity contribution is -0.0986. The summed E-state index contributed by atoms with van der Waals surface area (Å²) in [4.78, 5) is 3.63. The highest BCUT2D eigenvalue weighted by molar-refractivity contribution is 6.00. The van der Waals surface area contributed by atoms with Crippen LogP contribution in [0.4, 0.5) is 5.69 Å². The van der Waals surface area contributed by atoms with Crippen molar-refractivity contribution in [3.8, 4) is 29.3 Å². The van der Waals surface area contributed by atoms with Crippen molar-refractivity contribution < 1.29 is 19.7 Å². The van der Waals surface area contributed by atoms with Crippen LogP contribution in [0.15, 0.2) is 60.7 Å². The minimum Gasteiger partial charge on any atom is -0.494 e. The second-order valence-electron chi connectivity index (χ2n) is 9.67. The van der Waals surface area contributed by atoms with Gasteiger partial charge in [0.05, 0.1) is 47.2 Å². The van der Waals surface area contributed by atoms with Crippen LogP contribution in [0.5, 0.6) is 17.5 Å². The van der Waals surface area contributed by atoms with E-state index in [-0.39, 0.29) is 11.8 Å². The molecule has 2 atom stereocenters. The SMILES string of the molecule is [C-]#[N+]c1ccc(-n2c(O)c3c(c2O)C2(CCOc4ccc(C#N)cc4)CCC3(CC)O2)c2ccccc12. The molecule has 2 aliphatic heterocycles. The summed E-state index contributed by atoms with van der Waals surface area (Å²) in [6.07, 6.45) is 2.60. The lowest BCUT2D eigenvalue weighted by Gasteiger charge is -2.27. The summed E-state index contributed by atoms with van der Waals surface area (Å²) in [6.45, 7) is 9.90. The number of ether oxygens (including phenoxy) is 2. The van der Waals surface area contributed by atoms with Gasteiger partial charge in [0.1, 0.15) is 11.4 Å². The van der Waals surface area contributed by atoms with Crippen LogP contribution in [0.2, 0.25) is 0 Å². The van der Waals surface area contributed by atoms with Crippen molar-refractivity contribution in [3.05, 3.63) is 88.8 Å². The third-order valence-electron chi connectivity index (χ3n) is 7.92. The average molecular weight is 492 g/mol. The highest BCUT2D eigenvalue weighted by Crippen LogP contribution is 2.66. The molecule has 2 N–H and O–H groups in total. The van der Waals surface area contributed by atoms with Crippen LogP contribution in [0.1, 0.15) is 49.3 Å². The molecule has 0 spiro atoms. The van der Waals surface area contributed by atoms with Crippen molar-refractivity contribution >= 4 is 16.5 Å². The van der Waals surface area contributed by atoms with Crippen molar-refractivity contribution in [3.63, 3.8) is 0 Å². The van der Waals surface area contributed by atoms with Gasteiger partial charge in [0.15, 0.2) is 5.69 Å². The lowest BCUT2D eigenvalue weighted by atomic mass is 9.76. The molecule has 4 aromatic rings. The van der Waals surface area contributed by atoms with Gasteiger partial charge >= 0.3 is 0 Å². The molecule has 0 saturated carbocycles. The van der Waals surface area contributed by atoms with Crippen LogP contribution in [0.3, 0.4) is 0 Å². The fraction of sp³-hybridized carbons (Fsp3) is 0.267. The Hall–Kier alpha value is -4.46. The topological polar surface area (TPSA) is 92.0 Å². The minimum atomic E-state index is -0.781. The molecular weight excluding hydrogens is 466 g/mol. The van der Waals surface area contributed by atoms with E-state index in [1.165, 1.54) is 4.57 Å². The summed E-state index contributed by atoms with van der Waals surface area (Å²) in [5.74, 6) is 0.593. The molecule has 37 heavy (non-hydrogen) atoms.